The molecule has 1 saturated heterocycles. The highest BCUT2D eigenvalue weighted by Gasteiger charge is 2.25. The van der Waals surface area contributed by atoms with Gasteiger partial charge in [0, 0.05) is 37.6 Å². The minimum absolute atomic E-state index is 0.473. The highest BCUT2D eigenvalue weighted by molar-refractivity contribution is 5.51. The number of nitriles is 1. The predicted octanol–water partition coefficient (Wildman–Crippen LogP) is 1.89. The topological polar surface area (TPSA) is 95.0 Å². The Hall–Kier alpha value is -3.21. The second kappa shape index (κ2) is 6.96. The molecule has 4 rings (SSSR count). The molecule has 0 bridgehead atoms. The highest BCUT2D eigenvalue weighted by atomic mass is 15.4. The molecule has 26 heavy (non-hydrogen) atoms. The molecule has 0 amide bonds. The molecule has 132 valence electrons. The van der Waals surface area contributed by atoms with Crippen LogP contribution in [0.15, 0.2) is 30.7 Å². The minimum Gasteiger partial charge on any atom is -0.369 e. The summed E-state index contributed by atoms with van der Waals surface area (Å²) >= 11 is 0. The number of anilines is 2. The Labute approximate surface area is 151 Å². The second-order valence-electron chi connectivity index (χ2n) is 6.42. The largest absolute Gasteiger partial charge is 0.369 e. The Balaban J connectivity index is 1.47. The van der Waals surface area contributed by atoms with Gasteiger partial charge in [0.1, 0.15) is 24.0 Å². The van der Waals surface area contributed by atoms with Crippen molar-refractivity contribution in [2.24, 2.45) is 5.92 Å². The molecule has 1 aliphatic heterocycles. The van der Waals surface area contributed by atoms with Crippen molar-refractivity contribution >= 4 is 17.4 Å². The normalized spacial score (nSPS) is 16.8. The van der Waals surface area contributed by atoms with E-state index in [0.717, 1.165) is 44.0 Å². The molecule has 1 fully saturated rings. The SMILES string of the molecule is CCc1cc(N2CC[C@H](CNc3ncccc3C#N)C2)n2ncnc2n1. The quantitative estimate of drug-likeness (QED) is 0.752. The van der Waals surface area contributed by atoms with Crippen molar-refractivity contribution in [2.45, 2.75) is 19.8 Å². The van der Waals surface area contributed by atoms with E-state index >= 15 is 0 Å². The maximum atomic E-state index is 9.17. The average molecular weight is 348 g/mol. The maximum Gasteiger partial charge on any atom is 0.254 e. The van der Waals surface area contributed by atoms with Crippen LogP contribution >= 0.6 is 0 Å². The first-order valence-corrected chi connectivity index (χ1v) is 8.82. The van der Waals surface area contributed by atoms with E-state index < -0.39 is 0 Å². The summed E-state index contributed by atoms with van der Waals surface area (Å²) in [4.78, 5) is 15.3. The van der Waals surface area contributed by atoms with Gasteiger partial charge < -0.3 is 10.2 Å². The van der Waals surface area contributed by atoms with Gasteiger partial charge in [0.2, 0.25) is 0 Å². The fraction of sp³-hybridized carbons (Fsp3) is 0.389. The molecule has 3 aromatic rings. The fourth-order valence-corrected chi connectivity index (χ4v) is 3.34. The number of hydrogen-bond acceptors (Lipinski definition) is 7. The van der Waals surface area contributed by atoms with Gasteiger partial charge in [0.25, 0.3) is 5.78 Å². The third kappa shape index (κ3) is 3.04. The molecule has 0 aromatic carbocycles. The lowest BCUT2D eigenvalue weighted by Crippen LogP contribution is -2.25. The van der Waals surface area contributed by atoms with Crippen LogP contribution in [0.3, 0.4) is 0 Å². The Morgan fingerprint density at radius 2 is 2.31 bits per heavy atom. The molecule has 0 spiro atoms. The lowest BCUT2D eigenvalue weighted by atomic mass is 10.1. The summed E-state index contributed by atoms with van der Waals surface area (Å²) in [5, 5.41) is 16.8. The molecule has 1 atom stereocenters. The monoisotopic (exact) mass is 348 g/mol. The molecule has 3 aromatic heterocycles. The summed E-state index contributed by atoms with van der Waals surface area (Å²) < 4.78 is 1.81. The van der Waals surface area contributed by atoms with Gasteiger partial charge in [0.05, 0.1) is 5.56 Å². The van der Waals surface area contributed by atoms with E-state index in [2.05, 4.69) is 49.3 Å². The Kier molecular flexibility index (Phi) is 4.35. The Bertz CT molecular complexity index is 957. The highest BCUT2D eigenvalue weighted by Crippen LogP contribution is 2.25. The first-order valence-electron chi connectivity index (χ1n) is 8.82. The number of rotatable bonds is 5. The van der Waals surface area contributed by atoms with Crippen LogP contribution in [0.1, 0.15) is 24.6 Å². The van der Waals surface area contributed by atoms with Crippen molar-refractivity contribution < 1.29 is 0 Å². The molecule has 0 unspecified atom stereocenters. The minimum atomic E-state index is 0.473. The summed E-state index contributed by atoms with van der Waals surface area (Å²) in [5.74, 6) is 2.82. The van der Waals surface area contributed by atoms with Crippen molar-refractivity contribution in [1.82, 2.24) is 24.6 Å². The zero-order valence-corrected chi connectivity index (χ0v) is 14.6. The second-order valence-corrected chi connectivity index (χ2v) is 6.42. The molecule has 0 radical (unpaired) electrons. The molecular formula is C18H20N8. The van der Waals surface area contributed by atoms with Gasteiger partial charge in [0.15, 0.2) is 0 Å². The molecular weight excluding hydrogens is 328 g/mol. The standard InChI is InChI=1S/C18H20N8/c1-2-15-8-16(26-18(24-15)22-12-23-26)25-7-5-13(11-25)10-21-17-14(9-19)4-3-6-20-17/h3-4,6,8,12-13H,2,5,7,10-11H2,1H3,(H,20,21)/t13-/m1/s1. The molecule has 8 heteroatoms. The van der Waals surface area contributed by atoms with Gasteiger partial charge in [-0.1, -0.05) is 6.92 Å². The zero-order chi connectivity index (χ0) is 17.9. The smallest absolute Gasteiger partial charge is 0.254 e. The Morgan fingerprint density at radius 3 is 3.15 bits per heavy atom. The third-order valence-electron chi connectivity index (χ3n) is 4.74. The molecule has 8 nitrogen and oxygen atoms in total. The summed E-state index contributed by atoms with van der Waals surface area (Å²) in [6.45, 7) is 4.76. The van der Waals surface area contributed by atoms with E-state index in [9.17, 15) is 5.26 Å². The van der Waals surface area contributed by atoms with Gasteiger partial charge in [-0.25, -0.2) is 9.97 Å². The molecule has 0 aliphatic carbocycles. The number of nitrogens with one attached hydrogen (secondary N) is 1. The van der Waals surface area contributed by atoms with Crippen molar-refractivity contribution in [3.05, 3.63) is 42.0 Å². The first-order chi connectivity index (χ1) is 12.8. The maximum absolute atomic E-state index is 9.17. The Morgan fingerprint density at radius 1 is 1.38 bits per heavy atom. The van der Waals surface area contributed by atoms with Crippen LogP contribution in [0.5, 0.6) is 0 Å². The molecule has 1 aliphatic rings. The van der Waals surface area contributed by atoms with E-state index in [-0.39, 0.29) is 0 Å². The van der Waals surface area contributed by atoms with E-state index in [1.165, 1.54) is 0 Å². The van der Waals surface area contributed by atoms with Gasteiger partial charge in [-0.2, -0.15) is 19.9 Å². The van der Waals surface area contributed by atoms with Gasteiger partial charge in [-0.3, -0.25) is 0 Å². The van der Waals surface area contributed by atoms with E-state index in [4.69, 9.17) is 0 Å². The van der Waals surface area contributed by atoms with Crippen molar-refractivity contribution in [1.29, 1.82) is 5.26 Å². The van der Waals surface area contributed by atoms with Gasteiger partial charge in [-0.05, 0) is 30.9 Å². The number of fused-ring (bicyclic) bond motifs is 1. The van der Waals surface area contributed by atoms with Crippen LogP contribution in [-0.4, -0.2) is 44.2 Å². The number of hydrogen-bond donors (Lipinski definition) is 1. The number of pyridine rings is 1. The van der Waals surface area contributed by atoms with Gasteiger partial charge in [-0.15, -0.1) is 0 Å². The van der Waals surface area contributed by atoms with Crippen LogP contribution in [0.2, 0.25) is 0 Å². The fourth-order valence-electron chi connectivity index (χ4n) is 3.34. The summed E-state index contributed by atoms with van der Waals surface area (Å²) in [6, 6.07) is 7.83. The lowest BCUT2D eigenvalue weighted by Gasteiger charge is -2.20. The molecule has 4 heterocycles. The van der Waals surface area contributed by atoms with Crippen LogP contribution in [-0.2, 0) is 6.42 Å². The van der Waals surface area contributed by atoms with E-state index in [1.54, 1.807) is 24.7 Å². The average Bonchev–Trinajstić information content (AvgIpc) is 3.35. The van der Waals surface area contributed by atoms with E-state index in [0.29, 0.717) is 23.1 Å². The zero-order valence-electron chi connectivity index (χ0n) is 14.6. The molecule has 0 saturated carbocycles. The van der Waals surface area contributed by atoms with Crippen LogP contribution in [0.4, 0.5) is 11.6 Å². The van der Waals surface area contributed by atoms with Crippen molar-refractivity contribution in [3.63, 3.8) is 0 Å². The predicted molar refractivity (Wildman–Crippen MR) is 97.9 cm³/mol. The number of nitrogens with zero attached hydrogens (tertiary/aromatic N) is 7. The van der Waals surface area contributed by atoms with Crippen molar-refractivity contribution in [3.8, 4) is 6.07 Å². The van der Waals surface area contributed by atoms with Crippen LogP contribution < -0.4 is 10.2 Å². The van der Waals surface area contributed by atoms with Crippen LogP contribution in [0, 0.1) is 17.2 Å². The lowest BCUT2D eigenvalue weighted by molar-refractivity contribution is 0.620. The van der Waals surface area contributed by atoms with Crippen molar-refractivity contribution in [2.75, 3.05) is 29.9 Å². The first kappa shape index (κ1) is 16.3. The summed E-state index contributed by atoms with van der Waals surface area (Å²) in [5.41, 5.74) is 1.60. The molecule has 1 N–H and O–H groups in total. The summed E-state index contributed by atoms with van der Waals surface area (Å²) in [7, 11) is 0. The van der Waals surface area contributed by atoms with Gasteiger partial charge >= 0.3 is 0 Å². The number of aryl methyl sites for hydroxylation is 1. The third-order valence-corrected chi connectivity index (χ3v) is 4.74. The number of aromatic nitrogens is 5. The van der Waals surface area contributed by atoms with E-state index in [1.807, 2.05) is 4.52 Å². The van der Waals surface area contributed by atoms with Crippen LogP contribution in [0.25, 0.3) is 5.78 Å². The summed E-state index contributed by atoms with van der Waals surface area (Å²) in [6.07, 6.45) is 5.19.